The number of nitro groups is 1. The lowest BCUT2D eigenvalue weighted by Gasteiger charge is -2.32. The molecule has 0 saturated carbocycles. The van der Waals surface area contributed by atoms with Crippen molar-refractivity contribution in [3.05, 3.63) is 111 Å². The van der Waals surface area contributed by atoms with Crippen LogP contribution in [0.1, 0.15) is 48.6 Å². The summed E-state index contributed by atoms with van der Waals surface area (Å²) >= 11 is 0. The lowest BCUT2D eigenvalue weighted by molar-refractivity contribution is -0.385. The second-order valence-electron chi connectivity index (χ2n) is 14.2. The Morgan fingerprint density at radius 2 is 1.81 bits per heavy atom. The molecule has 0 bridgehead atoms. The summed E-state index contributed by atoms with van der Waals surface area (Å²) in [6.07, 6.45) is 2.88. The van der Waals surface area contributed by atoms with Crippen molar-refractivity contribution >= 4 is 42.9 Å². The van der Waals surface area contributed by atoms with Crippen molar-refractivity contribution in [2.75, 3.05) is 16.5 Å². The van der Waals surface area contributed by atoms with Crippen molar-refractivity contribution in [1.82, 2.24) is 15.0 Å². The van der Waals surface area contributed by atoms with E-state index < -0.39 is 30.9 Å². The molecule has 3 aromatic carbocycles. The van der Waals surface area contributed by atoms with Crippen LogP contribution in [0.2, 0.25) is 18.6 Å². The molecule has 2 N–H and O–H groups in total. The molecule has 0 aliphatic carbocycles. The van der Waals surface area contributed by atoms with E-state index >= 15 is 0 Å². The largest absolute Gasteiger partial charge is 0.432 e. The molecule has 1 fully saturated rings. The first-order valence-electron chi connectivity index (χ1n) is 17.5. The van der Waals surface area contributed by atoms with Crippen LogP contribution in [0.25, 0.3) is 0 Å². The predicted molar refractivity (Wildman–Crippen MR) is 195 cm³/mol. The summed E-state index contributed by atoms with van der Waals surface area (Å²) in [5.74, 6) is -0.965. The average molecular weight is 724 g/mol. The van der Waals surface area contributed by atoms with E-state index in [4.69, 9.17) is 4.74 Å². The predicted octanol–water partition coefficient (Wildman–Crippen LogP) is 4.69. The Kier molecular flexibility index (Phi) is 9.37. The van der Waals surface area contributed by atoms with Gasteiger partial charge in [-0.2, -0.15) is 5.10 Å². The second kappa shape index (κ2) is 13.8. The molecule has 14 nitrogen and oxygen atoms in total. The van der Waals surface area contributed by atoms with E-state index in [-0.39, 0.29) is 36.2 Å². The number of benzene rings is 3. The SMILES string of the molecule is C[C@@H]1[C@@H]([Si](C)(C)O)[C@H](CCn2cc(CCO)nn2)O[C@@]12C(=O)N(Cc1ccc(N3N=C(c4ccccc4)CCC3=O)cc1)c1ccc([N+](=O)[O-])cc12. The number of amides is 2. The highest BCUT2D eigenvalue weighted by Gasteiger charge is 2.66. The molecule has 15 heteroatoms. The van der Waals surface area contributed by atoms with Gasteiger partial charge in [0.25, 0.3) is 11.6 Å². The van der Waals surface area contributed by atoms with Crippen molar-refractivity contribution in [1.29, 1.82) is 0 Å². The molecule has 52 heavy (non-hydrogen) atoms. The van der Waals surface area contributed by atoms with E-state index in [1.807, 2.05) is 62.5 Å². The van der Waals surface area contributed by atoms with Gasteiger partial charge in [-0.15, -0.1) is 5.10 Å². The number of carbonyl (C=O) groups excluding carboxylic acids is 2. The third-order valence-electron chi connectivity index (χ3n) is 10.4. The third kappa shape index (κ3) is 6.33. The smallest absolute Gasteiger partial charge is 0.269 e. The van der Waals surface area contributed by atoms with E-state index in [9.17, 15) is 29.6 Å². The lowest BCUT2D eigenvalue weighted by atomic mass is 9.82. The maximum atomic E-state index is 14.8. The van der Waals surface area contributed by atoms with Gasteiger partial charge >= 0.3 is 0 Å². The highest BCUT2D eigenvalue weighted by Crippen LogP contribution is 2.60. The molecule has 1 aromatic heterocycles. The summed E-state index contributed by atoms with van der Waals surface area (Å²) < 4.78 is 8.49. The number of fused-ring (bicyclic) bond motifs is 2. The molecular formula is C37H41N7O7Si. The molecular weight excluding hydrogens is 683 g/mol. The molecule has 4 heterocycles. The van der Waals surface area contributed by atoms with Gasteiger partial charge in [-0.25, -0.2) is 5.01 Å². The fraction of sp³-hybridized carbons (Fsp3) is 0.378. The monoisotopic (exact) mass is 723 g/mol. The van der Waals surface area contributed by atoms with E-state index in [2.05, 4.69) is 15.4 Å². The number of aromatic nitrogens is 3. The van der Waals surface area contributed by atoms with Gasteiger partial charge in [0.05, 0.1) is 40.4 Å². The van der Waals surface area contributed by atoms with Crippen LogP contribution in [0.4, 0.5) is 17.1 Å². The summed E-state index contributed by atoms with van der Waals surface area (Å²) in [6.45, 7) is 6.04. The molecule has 4 aromatic rings. The number of non-ortho nitro benzene ring substituents is 1. The number of nitrogens with zero attached hydrogens (tertiary/aromatic N) is 7. The standard InChI is InChI=1S/C37H41N7O7Si/c1-24-35(52(2,3)50)33(17-19-41-23-27(18-20-45)38-40-41)51-37(24)30-21-29(44(48)49)13-15-32(30)42(36(37)47)22-25-9-11-28(12-10-25)43-34(46)16-14-31(39-43)26-7-5-4-6-8-26/h4-13,15,21,23-24,33,35,45,50H,14,16-20,22H2,1-3H3/t24-,33+,35-,37+/m1/s1. The number of hydrogen-bond donors (Lipinski definition) is 2. The van der Waals surface area contributed by atoms with Crippen LogP contribution in [-0.4, -0.2) is 68.4 Å². The molecule has 1 saturated heterocycles. The maximum absolute atomic E-state index is 14.8. The molecule has 7 rings (SSSR count). The molecule has 2 amide bonds. The number of carbonyl (C=O) groups is 2. The van der Waals surface area contributed by atoms with Crippen LogP contribution in [0, 0.1) is 16.0 Å². The zero-order valence-corrected chi connectivity index (χ0v) is 30.3. The Morgan fingerprint density at radius 3 is 2.50 bits per heavy atom. The van der Waals surface area contributed by atoms with Crippen molar-refractivity contribution in [2.24, 2.45) is 11.0 Å². The molecule has 0 radical (unpaired) electrons. The Labute approximate surface area is 301 Å². The maximum Gasteiger partial charge on any atom is 0.269 e. The summed E-state index contributed by atoms with van der Waals surface area (Å²) in [7, 11) is -2.98. The minimum atomic E-state index is -2.98. The van der Waals surface area contributed by atoms with Crippen molar-refractivity contribution in [3.8, 4) is 0 Å². The van der Waals surface area contributed by atoms with Gasteiger partial charge in [0.2, 0.25) is 5.91 Å². The van der Waals surface area contributed by atoms with Gasteiger partial charge in [-0.1, -0.05) is 54.6 Å². The third-order valence-corrected chi connectivity index (χ3v) is 12.9. The fourth-order valence-corrected chi connectivity index (χ4v) is 10.7. The van der Waals surface area contributed by atoms with E-state index in [1.165, 1.54) is 17.1 Å². The number of hydrogen-bond acceptors (Lipinski definition) is 10. The highest BCUT2D eigenvalue weighted by atomic mass is 28.4. The molecule has 0 unspecified atom stereocenters. The van der Waals surface area contributed by atoms with E-state index in [0.29, 0.717) is 54.9 Å². The number of aliphatic hydroxyl groups is 1. The van der Waals surface area contributed by atoms with Crippen molar-refractivity contribution in [3.63, 3.8) is 0 Å². The summed E-state index contributed by atoms with van der Waals surface area (Å²) in [5, 5.41) is 35.6. The van der Waals surface area contributed by atoms with E-state index in [1.54, 1.807) is 34.0 Å². The van der Waals surface area contributed by atoms with Crippen LogP contribution in [-0.2, 0) is 39.4 Å². The number of aryl methyl sites for hydroxylation is 1. The first-order valence-corrected chi connectivity index (χ1v) is 20.5. The Morgan fingerprint density at radius 1 is 1.06 bits per heavy atom. The van der Waals surface area contributed by atoms with Gasteiger partial charge < -0.3 is 19.5 Å². The van der Waals surface area contributed by atoms with Crippen molar-refractivity contribution in [2.45, 2.75) is 76.0 Å². The number of nitro benzene ring substituents is 1. The number of aliphatic hydroxyl groups excluding tert-OH is 1. The minimum absolute atomic E-state index is 0.0482. The first-order chi connectivity index (χ1) is 24.9. The van der Waals surface area contributed by atoms with Crippen LogP contribution >= 0.6 is 0 Å². The number of hydrazone groups is 1. The summed E-state index contributed by atoms with van der Waals surface area (Å²) in [5.41, 5.74) is 2.64. The minimum Gasteiger partial charge on any atom is -0.432 e. The summed E-state index contributed by atoms with van der Waals surface area (Å²) in [6, 6.07) is 21.4. The number of rotatable bonds is 11. The second-order valence-corrected chi connectivity index (χ2v) is 18.2. The normalized spacial score (nSPS) is 23.0. The highest BCUT2D eigenvalue weighted by molar-refractivity contribution is 6.71. The molecule has 4 atom stereocenters. The topological polar surface area (TPSA) is 177 Å². The van der Waals surface area contributed by atoms with E-state index in [0.717, 1.165) is 16.8 Å². The van der Waals surface area contributed by atoms with Gasteiger partial charge in [0, 0.05) is 67.8 Å². The molecule has 3 aliphatic rings. The van der Waals surface area contributed by atoms with Crippen molar-refractivity contribution < 1.29 is 29.2 Å². The zero-order chi connectivity index (χ0) is 36.8. The number of anilines is 2. The van der Waals surface area contributed by atoms with Gasteiger partial charge in [0.1, 0.15) is 0 Å². The Bertz CT molecular complexity index is 2030. The number of ether oxygens (including phenoxy) is 1. The van der Waals surface area contributed by atoms with Gasteiger partial charge in [-0.3, -0.25) is 24.4 Å². The Hall–Kier alpha value is -5.09. The van der Waals surface area contributed by atoms with Crippen LogP contribution in [0.15, 0.2) is 84.1 Å². The van der Waals surface area contributed by atoms with Crippen LogP contribution < -0.4 is 9.91 Å². The Balaban J connectivity index is 1.19. The summed E-state index contributed by atoms with van der Waals surface area (Å²) in [4.78, 5) is 52.5. The fourth-order valence-electron chi connectivity index (χ4n) is 8.06. The lowest BCUT2D eigenvalue weighted by Crippen LogP contribution is -2.46. The zero-order valence-electron chi connectivity index (χ0n) is 29.3. The van der Waals surface area contributed by atoms with Gasteiger partial charge in [-0.05, 0) is 48.8 Å². The molecule has 1 spiro atoms. The molecule has 270 valence electrons. The average Bonchev–Trinajstić information content (AvgIpc) is 3.78. The molecule has 3 aliphatic heterocycles. The van der Waals surface area contributed by atoms with Crippen LogP contribution in [0.5, 0.6) is 0 Å². The van der Waals surface area contributed by atoms with Crippen LogP contribution in [0.3, 0.4) is 0 Å². The first kappa shape index (κ1) is 35.3. The quantitative estimate of drug-likeness (QED) is 0.126. The van der Waals surface area contributed by atoms with Gasteiger partial charge in [0.15, 0.2) is 13.9 Å².